The van der Waals surface area contributed by atoms with Crippen LogP contribution in [0.15, 0.2) is 4.99 Å². The molecule has 0 bridgehead atoms. The first-order chi connectivity index (χ1) is 6.83. The van der Waals surface area contributed by atoms with Crippen molar-refractivity contribution in [1.29, 1.82) is 0 Å². The van der Waals surface area contributed by atoms with Gasteiger partial charge in [0.1, 0.15) is 0 Å². The van der Waals surface area contributed by atoms with Gasteiger partial charge in [-0.2, -0.15) is 0 Å². The van der Waals surface area contributed by atoms with Gasteiger partial charge in [-0.15, -0.1) is 0 Å². The Bertz CT molecular complexity index is 176. The molecule has 0 atom stereocenters. The number of hydrogen-bond acceptors (Lipinski definition) is 3. The molecule has 0 radical (unpaired) electrons. The fourth-order valence-corrected chi connectivity index (χ4v) is 1.45. The summed E-state index contributed by atoms with van der Waals surface area (Å²) >= 11 is 0. The molecule has 4 heteroatoms. The van der Waals surface area contributed by atoms with E-state index in [1.54, 1.807) is 0 Å². The zero-order chi connectivity index (χ0) is 10.2. The molecule has 0 aromatic rings. The van der Waals surface area contributed by atoms with Crippen molar-refractivity contribution in [3.05, 3.63) is 0 Å². The fourth-order valence-electron chi connectivity index (χ4n) is 1.45. The third-order valence-electron chi connectivity index (χ3n) is 2.41. The second-order valence-electron chi connectivity index (χ2n) is 3.53. The van der Waals surface area contributed by atoms with Crippen LogP contribution in [0.5, 0.6) is 0 Å². The molecule has 1 saturated heterocycles. The van der Waals surface area contributed by atoms with Crippen LogP contribution in [0.1, 0.15) is 19.8 Å². The highest BCUT2D eigenvalue weighted by Crippen LogP contribution is 1.98. The lowest BCUT2D eigenvalue weighted by atomic mass is 10.3. The van der Waals surface area contributed by atoms with Gasteiger partial charge in [0.15, 0.2) is 0 Å². The summed E-state index contributed by atoms with van der Waals surface area (Å²) < 4.78 is 5.27. The van der Waals surface area contributed by atoms with Crippen LogP contribution in [0.2, 0.25) is 0 Å². The van der Waals surface area contributed by atoms with Crippen molar-refractivity contribution in [3.8, 4) is 0 Å². The van der Waals surface area contributed by atoms with E-state index in [9.17, 15) is 0 Å². The number of amidine groups is 1. The lowest BCUT2D eigenvalue weighted by Gasteiger charge is -2.26. The van der Waals surface area contributed by atoms with Gasteiger partial charge < -0.3 is 10.5 Å². The lowest BCUT2D eigenvalue weighted by molar-refractivity contribution is 0.0377. The number of morpholine rings is 1. The summed E-state index contributed by atoms with van der Waals surface area (Å²) in [5.41, 5.74) is 5.61. The van der Waals surface area contributed by atoms with E-state index in [0.717, 1.165) is 58.1 Å². The lowest BCUT2D eigenvalue weighted by Crippen LogP contribution is -2.37. The average Bonchev–Trinajstić information content (AvgIpc) is 2.25. The molecule has 82 valence electrons. The summed E-state index contributed by atoms with van der Waals surface area (Å²) in [7, 11) is 0. The normalized spacial score (nSPS) is 19.9. The highest BCUT2D eigenvalue weighted by molar-refractivity contribution is 5.79. The van der Waals surface area contributed by atoms with Crippen LogP contribution in [0, 0.1) is 0 Å². The van der Waals surface area contributed by atoms with E-state index in [1.807, 2.05) is 6.92 Å². The molecule has 0 unspecified atom stereocenters. The zero-order valence-corrected chi connectivity index (χ0v) is 9.04. The summed E-state index contributed by atoms with van der Waals surface area (Å²) in [5, 5.41) is 0. The molecule has 1 aliphatic heterocycles. The topological polar surface area (TPSA) is 50.8 Å². The number of ether oxygens (including phenoxy) is 1. The van der Waals surface area contributed by atoms with Crippen molar-refractivity contribution in [2.75, 3.05) is 39.4 Å². The second-order valence-corrected chi connectivity index (χ2v) is 3.53. The SMILES string of the molecule is CCC(N)=NCCCN1CCOCC1. The summed E-state index contributed by atoms with van der Waals surface area (Å²) in [6, 6.07) is 0. The predicted octanol–water partition coefficient (Wildman–Crippen LogP) is 0.476. The molecule has 0 aliphatic carbocycles. The van der Waals surface area contributed by atoms with Gasteiger partial charge in [0.2, 0.25) is 0 Å². The van der Waals surface area contributed by atoms with Gasteiger partial charge in [-0.3, -0.25) is 9.89 Å². The Morgan fingerprint density at radius 1 is 1.43 bits per heavy atom. The molecule has 0 aromatic heterocycles. The van der Waals surface area contributed by atoms with Gasteiger partial charge in [0.25, 0.3) is 0 Å². The van der Waals surface area contributed by atoms with Crippen molar-refractivity contribution >= 4 is 5.84 Å². The van der Waals surface area contributed by atoms with Crippen molar-refractivity contribution in [2.24, 2.45) is 10.7 Å². The van der Waals surface area contributed by atoms with Gasteiger partial charge in [-0.05, 0) is 6.42 Å². The molecule has 1 fully saturated rings. The smallest absolute Gasteiger partial charge is 0.0934 e. The van der Waals surface area contributed by atoms with E-state index >= 15 is 0 Å². The zero-order valence-electron chi connectivity index (χ0n) is 9.04. The van der Waals surface area contributed by atoms with E-state index < -0.39 is 0 Å². The largest absolute Gasteiger partial charge is 0.387 e. The summed E-state index contributed by atoms with van der Waals surface area (Å²) in [6.45, 7) is 7.88. The highest BCUT2D eigenvalue weighted by atomic mass is 16.5. The summed E-state index contributed by atoms with van der Waals surface area (Å²) in [6.07, 6.45) is 1.96. The summed E-state index contributed by atoms with van der Waals surface area (Å²) in [5.74, 6) is 0.770. The molecule has 1 aliphatic rings. The number of hydrogen-bond donors (Lipinski definition) is 1. The summed E-state index contributed by atoms with van der Waals surface area (Å²) in [4.78, 5) is 6.68. The van der Waals surface area contributed by atoms with E-state index in [2.05, 4.69) is 9.89 Å². The Morgan fingerprint density at radius 2 is 2.14 bits per heavy atom. The van der Waals surface area contributed by atoms with Crippen LogP contribution >= 0.6 is 0 Å². The fraction of sp³-hybridized carbons (Fsp3) is 0.900. The third kappa shape index (κ3) is 4.58. The Kier molecular flexibility index (Phi) is 5.56. The second kappa shape index (κ2) is 6.79. The van der Waals surface area contributed by atoms with Gasteiger partial charge >= 0.3 is 0 Å². The van der Waals surface area contributed by atoms with Crippen LogP contribution in [0.25, 0.3) is 0 Å². The first-order valence-electron chi connectivity index (χ1n) is 5.42. The molecule has 0 spiro atoms. The number of nitrogens with two attached hydrogens (primary N) is 1. The molecule has 1 heterocycles. The molecule has 0 aromatic carbocycles. The van der Waals surface area contributed by atoms with Crippen molar-refractivity contribution in [3.63, 3.8) is 0 Å². The molecule has 14 heavy (non-hydrogen) atoms. The minimum atomic E-state index is 0.770. The van der Waals surface area contributed by atoms with Gasteiger partial charge in [-0.25, -0.2) is 0 Å². The third-order valence-corrected chi connectivity index (χ3v) is 2.41. The van der Waals surface area contributed by atoms with Crippen molar-refractivity contribution < 1.29 is 4.74 Å². The van der Waals surface area contributed by atoms with E-state index in [0.29, 0.717) is 0 Å². The maximum Gasteiger partial charge on any atom is 0.0934 e. The number of nitrogens with zero attached hydrogens (tertiary/aromatic N) is 2. The molecular formula is C10H21N3O. The van der Waals surface area contributed by atoms with Crippen LogP contribution in [-0.2, 0) is 4.74 Å². The van der Waals surface area contributed by atoms with Crippen LogP contribution < -0.4 is 5.73 Å². The minimum absolute atomic E-state index is 0.770. The predicted molar refractivity (Wildman–Crippen MR) is 58.7 cm³/mol. The first-order valence-corrected chi connectivity index (χ1v) is 5.42. The van der Waals surface area contributed by atoms with Gasteiger partial charge in [-0.1, -0.05) is 6.92 Å². The highest BCUT2D eigenvalue weighted by Gasteiger charge is 2.08. The molecule has 4 nitrogen and oxygen atoms in total. The van der Waals surface area contributed by atoms with E-state index in [1.165, 1.54) is 0 Å². The quantitative estimate of drug-likeness (QED) is 0.398. The Labute approximate surface area is 86.1 Å². The molecule has 0 amide bonds. The Balaban J connectivity index is 2.02. The molecular weight excluding hydrogens is 178 g/mol. The standard InChI is InChI=1S/C10H21N3O/c1-2-10(11)12-4-3-5-13-6-8-14-9-7-13/h2-9H2,1H3,(H2,11,12). The monoisotopic (exact) mass is 199 g/mol. The Morgan fingerprint density at radius 3 is 2.79 bits per heavy atom. The van der Waals surface area contributed by atoms with Crippen molar-refractivity contribution in [1.82, 2.24) is 4.90 Å². The van der Waals surface area contributed by atoms with Crippen LogP contribution in [0.4, 0.5) is 0 Å². The van der Waals surface area contributed by atoms with Gasteiger partial charge in [0.05, 0.1) is 19.0 Å². The van der Waals surface area contributed by atoms with Crippen molar-refractivity contribution in [2.45, 2.75) is 19.8 Å². The van der Waals surface area contributed by atoms with E-state index in [4.69, 9.17) is 10.5 Å². The van der Waals surface area contributed by atoms with Crippen LogP contribution in [-0.4, -0.2) is 50.1 Å². The average molecular weight is 199 g/mol. The molecule has 2 N–H and O–H groups in total. The van der Waals surface area contributed by atoms with E-state index in [-0.39, 0.29) is 0 Å². The molecule has 0 saturated carbocycles. The number of rotatable bonds is 5. The van der Waals surface area contributed by atoms with Gasteiger partial charge in [0, 0.05) is 32.6 Å². The van der Waals surface area contributed by atoms with Crippen LogP contribution in [0.3, 0.4) is 0 Å². The molecule has 1 rings (SSSR count). The maximum absolute atomic E-state index is 5.61. The Hall–Kier alpha value is -0.610. The minimum Gasteiger partial charge on any atom is -0.387 e. The first kappa shape index (κ1) is 11.5. The maximum atomic E-state index is 5.61. The number of aliphatic imine (C=N–C) groups is 1.